The molecule has 0 aromatic heterocycles. The van der Waals surface area contributed by atoms with E-state index in [2.05, 4.69) is 5.32 Å². The molecule has 1 heterocycles. The molecule has 0 bridgehead atoms. The minimum atomic E-state index is -1.26. The van der Waals surface area contributed by atoms with Crippen LogP contribution in [0.1, 0.15) is 24.0 Å². The van der Waals surface area contributed by atoms with Gasteiger partial charge in [0.1, 0.15) is 6.04 Å². The van der Waals surface area contributed by atoms with E-state index < -0.39 is 28.9 Å². The van der Waals surface area contributed by atoms with Gasteiger partial charge >= 0.3 is 11.9 Å². The Morgan fingerprint density at radius 1 is 1.04 bits per heavy atom. The molecule has 0 aliphatic carbocycles. The zero-order chi connectivity index (χ0) is 18.8. The van der Waals surface area contributed by atoms with Gasteiger partial charge in [0.25, 0.3) is 0 Å². The van der Waals surface area contributed by atoms with E-state index in [4.69, 9.17) is 5.73 Å². The average Bonchev–Trinajstić information content (AvgIpc) is 3.09. The molecule has 136 valence electrons. The molecular formula is C20H22N2O4. The molecule has 0 radical (unpaired) electrons. The molecule has 1 saturated heterocycles. The van der Waals surface area contributed by atoms with Crippen molar-refractivity contribution in [3.63, 3.8) is 0 Å². The second kappa shape index (κ2) is 6.90. The zero-order valence-corrected chi connectivity index (χ0v) is 14.3. The Kier molecular flexibility index (Phi) is 4.80. The summed E-state index contributed by atoms with van der Waals surface area (Å²) in [6.07, 6.45) is 0.0937. The lowest BCUT2D eigenvalue weighted by Gasteiger charge is -2.37. The van der Waals surface area contributed by atoms with Crippen LogP contribution < -0.4 is 11.1 Å². The third-order valence-corrected chi connectivity index (χ3v) is 5.23. The fourth-order valence-corrected chi connectivity index (χ4v) is 3.78. The maximum absolute atomic E-state index is 12.1. The summed E-state index contributed by atoms with van der Waals surface area (Å²) in [6, 6.07) is 17.8. The van der Waals surface area contributed by atoms with E-state index >= 15 is 0 Å². The molecule has 6 nitrogen and oxygen atoms in total. The van der Waals surface area contributed by atoms with Crippen LogP contribution in [0.25, 0.3) is 0 Å². The van der Waals surface area contributed by atoms with E-state index in [0.29, 0.717) is 0 Å². The Morgan fingerprint density at radius 2 is 1.54 bits per heavy atom. The Hall–Kier alpha value is -2.70. The molecule has 26 heavy (non-hydrogen) atoms. The van der Waals surface area contributed by atoms with Gasteiger partial charge in [0.2, 0.25) is 0 Å². The van der Waals surface area contributed by atoms with Gasteiger partial charge in [-0.15, -0.1) is 0 Å². The minimum Gasteiger partial charge on any atom is -0.481 e. The minimum absolute atomic E-state index is 0.00369. The van der Waals surface area contributed by atoms with Crippen molar-refractivity contribution in [1.82, 2.24) is 5.32 Å². The molecule has 0 unspecified atom stereocenters. The Labute approximate surface area is 151 Å². The van der Waals surface area contributed by atoms with Crippen molar-refractivity contribution < 1.29 is 19.8 Å². The lowest BCUT2D eigenvalue weighted by atomic mass is 9.69. The van der Waals surface area contributed by atoms with Crippen molar-refractivity contribution in [2.45, 2.75) is 24.4 Å². The first kappa shape index (κ1) is 18.1. The predicted octanol–water partition coefficient (Wildman–Crippen LogP) is 1.80. The number of carbonyl (C=O) groups is 2. The number of hydrogen-bond acceptors (Lipinski definition) is 4. The molecule has 2 aromatic rings. The summed E-state index contributed by atoms with van der Waals surface area (Å²) in [6.45, 7) is 0.0674. The average molecular weight is 354 g/mol. The van der Waals surface area contributed by atoms with Gasteiger partial charge in [-0.1, -0.05) is 60.7 Å². The smallest absolute Gasteiger partial charge is 0.320 e. The van der Waals surface area contributed by atoms with Crippen LogP contribution in [0.3, 0.4) is 0 Å². The first-order valence-corrected chi connectivity index (χ1v) is 8.47. The highest BCUT2D eigenvalue weighted by Gasteiger charge is 2.52. The van der Waals surface area contributed by atoms with Gasteiger partial charge in [0.15, 0.2) is 0 Å². The highest BCUT2D eigenvalue weighted by atomic mass is 16.4. The van der Waals surface area contributed by atoms with Gasteiger partial charge in [-0.25, -0.2) is 0 Å². The Morgan fingerprint density at radius 3 is 1.92 bits per heavy atom. The van der Waals surface area contributed by atoms with Crippen molar-refractivity contribution in [3.8, 4) is 0 Å². The van der Waals surface area contributed by atoms with Crippen LogP contribution in [0.5, 0.6) is 0 Å². The standard InChI is InChI=1S/C20H22N2O4/c21-20(14-7-3-1-4-8-14,15-9-5-2-6-10-15)12-19(18(25)26)11-16(17(23)24)22-13-19/h1-10,16,22H,11-13,21H2,(H,23,24)(H,25,26)/t16-,19-/m1/s1. The van der Waals surface area contributed by atoms with Crippen LogP contribution in [0.2, 0.25) is 0 Å². The molecule has 1 aliphatic heterocycles. The summed E-state index contributed by atoms with van der Waals surface area (Å²) in [5, 5.41) is 22.0. The van der Waals surface area contributed by atoms with Crippen molar-refractivity contribution >= 4 is 11.9 Å². The SMILES string of the molecule is NC(C[C@@]1(C(=O)O)CN[C@@H](C(=O)O)C1)(c1ccccc1)c1ccccc1. The molecule has 6 heteroatoms. The third-order valence-electron chi connectivity index (χ3n) is 5.23. The number of carboxylic acids is 2. The van der Waals surface area contributed by atoms with Gasteiger partial charge in [-0.2, -0.15) is 0 Å². The van der Waals surface area contributed by atoms with E-state index in [1.165, 1.54) is 0 Å². The van der Waals surface area contributed by atoms with Crippen LogP contribution in [-0.4, -0.2) is 34.7 Å². The fraction of sp³-hybridized carbons (Fsp3) is 0.300. The summed E-state index contributed by atoms with van der Waals surface area (Å²) in [7, 11) is 0. The van der Waals surface area contributed by atoms with Gasteiger partial charge in [0.05, 0.1) is 11.0 Å². The van der Waals surface area contributed by atoms with Crippen LogP contribution >= 0.6 is 0 Å². The van der Waals surface area contributed by atoms with Crippen LogP contribution in [0, 0.1) is 5.41 Å². The molecule has 1 fully saturated rings. The molecule has 2 atom stereocenters. The van der Waals surface area contributed by atoms with E-state index in [1.54, 1.807) is 0 Å². The maximum atomic E-state index is 12.1. The van der Waals surface area contributed by atoms with Gasteiger partial charge < -0.3 is 21.3 Å². The number of hydrogen-bond donors (Lipinski definition) is 4. The zero-order valence-electron chi connectivity index (χ0n) is 14.3. The summed E-state index contributed by atoms with van der Waals surface area (Å²) in [5.74, 6) is -2.08. The van der Waals surface area contributed by atoms with Crippen LogP contribution in [0.15, 0.2) is 60.7 Å². The summed E-state index contributed by atoms with van der Waals surface area (Å²) >= 11 is 0. The Balaban J connectivity index is 2.06. The summed E-state index contributed by atoms with van der Waals surface area (Å²) in [4.78, 5) is 23.5. The molecule has 1 aliphatic rings. The molecule has 0 amide bonds. The molecule has 0 saturated carbocycles. The maximum Gasteiger partial charge on any atom is 0.320 e. The Bertz CT molecular complexity index is 754. The van der Waals surface area contributed by atoms with Gasteiger partial charge in [-0.3, -0.25) is 9.59 Å². The van der Waals surface area contributed by atoms with Crippen LogP contribution in [0.4, 0.5) is 0 Å². The molecule has 3 rings (SSSR count). The fourth-order valence-electron chi connectivity index (χ4n) is 3.78. The number of nitrogens with one attached hydrogen (secondary N) is 1. The number of nitrogens with two attached hydrogens (primary N) is 1. The van der Waals surface area contributed by atoms with E-state index in [-0.39, 0.29) is 19.4 Å². The lowest BCUT2D eigenvalue weighted by Crippen LogP contribution is -2.47. The quantitative estimate of drug-likeness (QED) is 0.629. The van der Waals surface area contributed by atoms with Crippen molar-refractivity contribution in [2.75, 3.05) is 6.54 Å². The monoisotopic (exact) mass is 354 g/mol. The molecule has 2 aromatic carbocycles. The molecule has 0 spiro atoms. The first-order valence-electron chi connectivity index (χ1n) is 8.47. The van der Waals surface area contributed by atoms with Crippen molar-refractivity contribution in [1.29, 1.82) is 0 Å². The van der Waals surface area contributed by atoms with E-state index in [1.807, 2.05) is 60.7 Å². The number of carboxylic acid groups (broad SMARTS) is 2. The van der Waals surface area contributed by atoms with E-state index in [9.17, 15) is 19.8 Å². The van der Waals surface area contributed by atoms with Crippen molar-refractivity contribution in [3.05, 3.63) is 71.8 Å². The van der Waals surface area contributed by atoms with Crippen LogP contribution in [-0.2, 0) is 15.1 Å². The first-order chi connectivity index (χ1) is 12.4. The second-order valence-corrected chi connectivity index (χ2v) is 6.94. The number of benzene rings is 2. The second-order valence-electron chi connectivity index (χ2n) is 6.94. The molecular weight excluding hydrogens is 332 g/mol. The molecule has 5 N–H and O–H groups in total. The van der Waals surface area contributed by atoms with Gasteiger partial charge in [0, 0.05) is 6.54 Å². The van der Waals surface area contributed by atoms with E-state index in [0.717, 1.165) is 11.1 Å². The number of aliphatic carboxylic acids is 2. The third kappa shape index (κ3) is 3.21. The largest absolute Gasteiger partial charge is 0.481 e. The number of rotatable bonds is 6. The van der Waals surface area contributed by atoms with Crippen molar-refractivity contribution in [2.24, 2.45) is 11.1 Å². The van der Waals surface area contributed by atoms with Gasteiger partial charge in [-0.05, 0) is 24.0 Å². The normalized spacial score (nSPS) is 22.9. The topological polar surface area (TPSA) is 113 Å². The lowest BCUT2D eigenvalue weighted by molar-refractivity contribution is -0.149. The summed E-state index contributed by atoms with van der Waals surface area (Å²) in [5.41, 5.74) is 6.11. The summed E-state index contributed by atoms with van der Waals surface area (Å²) < 4.78 is 0. The predicted molar refractivity (Wildman–Crippen MR) is 96.6 cm³/mol. The highest BCUT2D eigenvalue weighted by Crippen LogP contribution is 2.43. The highest BCUT2D eigenvalue weighted by molar-refractivity contribution is 5.80.